The highest BCUT2D eigenvalue weighted by Crippen LogP contribution is 2.24. The van der Waals surface area contributed by atoms with Gasteiger partial charge in [0.15, 0.2) is 0 Å². The van der Waals surface area contributed by atoms with E-state index in [1.54, 1.807) is 12.1 Å². The number of rotatable bonds is 9. The van der Waals surface area contributed by atoms with Gasteiger partial charge < -0.3 is 25.7 Å². The molecule has 27 heavy (non-hydrogen) atoms. The van der Waals surface area contributed by atoms with Gasteiger partial charge in [-0.25, -0.2) is 0 Å². The van der Waals surface area contributed by atoms with Crippen molar-refractivity contribution in [2.24, 2.45) is 5.10 Å². The number of nitrogens with zero attached hydrogens (tertiary/aromatic N) is 3. The second-order valence-corrected chi connectivity index (χ2v) is 6.15. The molecule has 7 heteroatoms. The predicted octanol–water partition coefficient (Wildman–Crippen LogP) is 1.73. The number of nitrogens with two attached hydrogens (primary N) is 1. The molecule has 0 fully saturated rings. The van der Waals surface area contributed by atoms with Crippen molar-refractivity contribution in [3.63, 3.8) is 0 Å². The Hall–Kier alpha value is -3.19. The largest absolute Gasteiger partial charge is 0.508 e. The van der Waals surface area contributed by atoms with Crippen LogP contribution in [-0.2, 0) is 6.54 Å². The first-order chi connectivity index (χ1) is 13.0. The molecule has 0 aliphatic heterocycles. The lowest BCUT2D eigenvalue weighted by Crippen LogP contribution is -2.72. The molecular weight excluding hydrogens is 342 g/mol. The normalized spacial score (nSPS) is 11.2. The first kappa shape index (κ1) is 20.1. The van der Waals surface area contributed by atoms with Crippen molar-refractivity contribution in [3.05, 3.63) is 60.4 Å². The number of phenols is 2. The van der Waals surface area contributed by atoms with E-state index in [4.69, 9.17) is 0 Å². The Bertz CT molecular complexity index is 774. The van der Waals surface area contributed by atoms with E-state index in [1.807, 2.05) is 79.2 Å². The van der Waals surface area contributed by atoms with Crippen LogP contribution in [0, 0.1) is 0 Å². The predicted molar refractivity (Wildman–Crippen MR) is 110 cm³/mol. The van der Waals surface area contributed by atoms with E-state index < -0.39 is 0 Å². The van der Waals surface area contributed by atoms with Gasteiger partial charge in [0.1, 0.15) is 17.7 Å². The first-order valence-corrected chi connectivity index (χ1v) is 8.77. The number of nitrogens with one attached hydrogen (secondary N) is 1. The van der Waals surface area contributed by atoms with Crippen LogP contribution in [0.4, 0.5) is 11.4 Å². The average Bonchev–Trinajstić information content (AvgIpc) is 2.66. The van der Waals surface area contributed by atoms with E-state index in [-0.39, 0.29) is 11.5 Å². The highest BCUT2D eigenvalue weighted by molar-refractivity contribution is 5.63. The number of hydrogen-bond acceptors (Lipinski definition) is 6. The minimum atomic E-state index is 0.0510. The van der Waals surface area contributed by atoms with Gasteiger partial charge in [-0.1, -0.05) is 0 Å². The molecule has 0 atom stereocenters. The topological polar surface area (TPSA) is 87.9 Å². The van der Waals surface area contributed by atoms with Gasteiger partial charge in [0.25, 0.3) is 0 Å². The molecule has 0 saturated carbocycles. The fraction of sp³-hybridized carbons (Fsp3) is 0.250. The molecule has 0 aliphatic rings. The van der Waals surface area contributed by atoms with Gasteiger partial charge in [-0.2, -0.15) is 5.10 Å². The fourth-order valence-electron chi connectivity index (χ4n) is 2.34. The molecule has 0 spiro atoms. The van der Waals surface area contributed by atoms with Gasteiger partial charge in [0.2, 0.25) is 0 Å². The van der Waals surface area contributed by atoms with Crippen LogP contribution in [0.5, 0.6) is 11.5 Å². The van der Waals surface area contributed by atoms with Crippen LogP contribution < -0.4 is 15.6 Å². The maximum atomic E-state index is 9.82. The number of quaternary nitrogens is 1. The monoisotopic (exact) mass is 370 g/mol. The Kier molecular flexibility index (Phi) is 7.51. The summed E-state index contributed by atoms with van der Waals surface area (Å²) in [7, 11) is 5.89. The molecule has 0 heterocycles. The number of anilines is 2. The molecule has 0 aromatic heterocycles. The molecule has 2 aromatic rings. The second-order valence-electron chi connectivity index (χ2n) is 6.15. The molecule has 5 N–H and O–H groups in total. The summed E-state index contributed by atoms with van der Waals surface area (Å²) in [5.74, 6) is 0.125. The van der Waals surface area contributed by atoms with Crippen LogP contribution in [0.1, 0.15) is 5.56 Å². The second kappa shape index (κ2) is 10.1. The van der Waals surface area contributed by atoms with E-state index in [0.29, 0.717) is 6.54 Å². The van der Waals surface area contributed by atoms with Gasteiger partial charge in [-0.3, -0.25) is 5.01 Å². The minimum Gasteiger partial charge on any atom is -0.508 e. The number of hydrazone groups is 1. The summed E-state index contributed by atoms with van der Waals surface area (Å²) in [4.78, 5) is 2.04. The molecule has 7 nitrogen and oxygen atoms in total. The molecule has 0 unspecified atom stereocenters. The maximum Gasteiger partial charge on any atom is 0.124 e. The van der Waals surface area contributed by atoms with Crippen molar-refractivity contribution in [3.8, 4) is 11.5 Å². The minimum absolute atomic E-state index is 0.0510. The standard InChI is InChI=1S/C20H27N5O2/c1-21-10-12-24(2)13-11-23-25(3)18-7-5-17(6-8-18)22-15-16-4-9-19(26)14-20(16)27/h4-12,14,21-22,26-27H,13,15H2,1-3H3/p+1/b12-10-,23-11+. The Labute approximate surface area is 160 Å². The third-order valence-corrected chi connectivity index (χ3v) is 3.95. The van der Waals surface area contributed by atoms with Gasteiger partial charge in [0, 0.05) is 44.2 Å². The third-order valence-electron chi connectivity index (χ3n) is 3.95. The Balaban J connectivity index is 1.87. The number of benzene rings is 2. The average molecular weight is 370 g/mol. The van der Waals surface area contributed by atoms with E-state index >= 15 is 0 Å². The third kappa shape index (κ3) is 6.56. The molecule has 0 bridgehead atoms. The van der Waals surface area contributed by atoms with Gasteiger partial charge in [-0.15, -0.1) is 0 Å². The molecule has 144 valence electrons. The summed E-state index contributed by atoms with van der Waals surface area (Å²) < 4.78 is 0. The molecule has 0 amide bonds. The number of aromatic hydroxyl groups is 2. The summed E-state index contributed by atoms with van der Waals surface area (Å²) in [5, 5.41) is 30.6. The van der Waals surface area contributed by atoms with Crippen LogP contribution in [0.2, 0.25) is 0 Å². The van der Waals surface area contributed by atoms with Crippen LogP contribution >= 0.6 is 0 Å². The summed E-state index contributed by atoms with van der Waals surface area (Å²) >= 11 is 0. The number of hydrogen-bond donors (Lipinski definition) is 4. The van der Waals surface area contributed by atoms with Crippen molar-refractivity contribution in [2.45, 2.75) is 6.54 Å². The van der Waals surface area contributed by atoms with E-state index in [1.165, 1.54) is 6.07 Å². The van der Waals surface area contributed by atoms with Crippen molar-refractivity contribution < 1.29 is 15.5 Å². The van der Waals surface area contributed by atoms with Crippen LogP contribution in [0.3, 0.4) is 0 Å². The lowest BCUT2D eigenvalue weighted by molar-refractivity contribution is -0.557. The summed E-state index contributed by atoms with van der Waals surface area (Å²) in [5.41, 5.74) is 2.63. The van der Waals surface area contributed by atoms with Crippen LogP contribution in [-0.4, -0.2) is 49.0 Å². The van der Waals surface area contributed by atoms with Crippen LogP contribution in [0.25, 0.3) is 0 Å². The lowest BCUT2D eigenvalue weighted by atomic mass is 10.2. The molecule has 2 rings (SSSR count). The number of phenolic OH excluding ortho intramolecular Hbond substituents is 2. The maximum absolute atomic E-state index is 9.82. The van der Waals surface area contributed by atoms with Crippen molar-refractivity contribution >= 4 is 17.6 Å². The van der Waals surface area contributed by atoms with E-state index in [0.717, 1.165) is 23.5 Å². The first-order valence-electron chi connectivity index (χ1n) is 8.77. The highest BCUT2D eigenvalue weighted by atomic mass is 16.3. The SMILES string of the molecule is C[NH2+]/C=C\N(C)C/C=N/N(C)c1ccc(NCc2ccc(O)cc2O)cc1. The van der Waals surface area contributed by atoms with Crippen LogP contribution in [0.15, 0.2) is 60.0 Å². The highest BCUT2D eigenvalue weighted by Gasteiger charge is 2.03. The summed E-state index contributed by atoms with van der Waals surface area (Å²) in [6, 6.07) is 12.5. The van der Waals surface area contributed by atoms with Gasteiger partial charge in [0.05, 0.1) is 25.5 Å². The molecule has 2 aromatic carbocycles. The van der Waals surface area contributed by atoms with E-state index in [2.05, 4.69) is 10.4 Å². The van der Waals surface area contributed by atoms with Crippen molar-refractivity contribution in [2.75, 3.05) is 38.0 Å². The summed E-state index contributed by atoms with van der Waals surface area (Å²) in [6.07, 6.45) is 5.85. The Morgan fingerprint density at radius 3 is 2.52 bits per heavy atom. The summed E-state index contributed by atoms with van der Waals surface area (Å²) in [6.45, 7) is 1.19. The molecular formula is C20H28N5O2+. The zero-order valence-corrected chi connectivity index (χ0v) is 16.0. The zero-order valence-electron chi connectivity index (χ0n) is 16.0. The fourth-order valence-corrected chi connectivity index (χ4v) is 2.34. The van der Waals surface area contributed by atoms with Crippen molar-refractivity contribution in [1.82, 2.24) is 4.90 Å². The molecule has 0 aliphatic carbocycles. The zero-order chi connectivity index (χ0) is 19.6. The lowest BCUT2D eigenvalue weighted by Gasteiger charge is -2.15. The van der Waals surface area contributed by atoms with E-state index in [9.17, 15) is 10.2 Å². The molecule has 0 saturated heterocycles. The quantitative estimate of drug-likeness (QED) is 0.399. The van der Waals surface area contributed by atoms with Crippen molar-refractivity contribution in [1.29, 1.82) is 0 Å². The van der Waals surface area contributed by atoms with Gasteiger partial charge in [-0.05, 0) is 36.4 Å². The van der Waals surface area contributed by atoms with Gasteiger partial charge >= 0.3 is 0 Å². The molecule has 0 radical (unpaired) electrons. The smallest absolute Gasteiger partial charge is 0.124 e. The Morgan fingerprint density at radius 1 is 1.11 bits per heavy atom. The Morgan fingerprint density at radius 2 is 1.85 bits per heavy atom.